The summed E-state index contributed by atoms with van der Waals surface area (Å²) >= 11 is 0. The van der Waals surface area contributed by atoms with Crippen molar-refractivity contribution in [3.8, 4) is 11.1 Å². The highest BCUT2D eigenvalue weighted by Gasteiger charge is 2.13. The minimum absolute atomic E-state index is 0.148. The minimum atomic E-state index is -0.517. The van der Waals surface area contributed by atoms with Gasteiger partial charge in [-0.1, -0.05) is 54.6 Å². The number of nitrogens with zero attached hydrogens (tertiary/aromatic N) is 2. The summed E-state index contributed by atoms with van der Waals surface area (Å²) in [5, 5.41) is 3.04. The van der Waals surface area contributed by atoms with Crippen LogP contribution in [0.15, 0.2) is 83.9 Å². The van der Waals surface area contributed by atoms with Crippen molar-refractivity contribution in [2.75, 3.05) is 0 Å². The van der Waals surface area contributed by atoms with Gasteiger partial charge in [0.2, 0.25) is 5.91 Å². The first kappa shape index (κ1) is 19.5. The Kier molecular flexibility index (Phi) is 5.39. The van der Waals surface area contributed by atoms with Gasteiger partial charge in [-0.2, -0.15) is 0 Å². The summed E-state index contributed by atoms with van der Waals surface area (Å²) in [5.41, 5.74) is 3.12. The van der Waals surface area contributed by atoms with Gasteiger partial charge < -0.3 is 5.32 Å². The highest BCUT2D eigenvalue weighted by Crippen LogP contribution is 2.21. The third kappa shape index (κ3) is 4.12. The molecule has 3 aromatic carbocycles. The molecule has 1 aromatic heterocycles. The van der Waals surface area contributed by atoms with Gasteiger partial charge in [0, 0.05) is 0 Å². The molecule has 0 saturated carbocycles. The molecule has 0 aliphatic heterocycles. The molecule has 4 aromatic rings. The predicted molar refractivity (Wildman–Crippen MR) is 114 cm³/mol. The highest BCUT2D eigenvalue weighted by atomic mass is 19.1. The van der Waals surface area contributed by atoms with Crippen molar-refractivity contribution in [1.82, 2.24) is 14.9 Å². The van der Waals surface area contributed by atoms with Crippen LogP contribution in [0.5, 0.6) is 0 Å². The van der Waals surface area contributed by atoms with Crippen LogP contribution >= 0.6 is 0 Å². The largest absolute Gasteiger partial charge is 0.348 e. The fourth-order valence-corrected chi connectivity index (χ4v) is 3.36. The van der Waals surface area contributed by atoms with Crippen LogP contribution in [0.4, 0.5) is 4.39 Å². The number of hydrogen-bond acceptors (Lipinski definition) is 3. The lowest BCUT2D eigenvalue weighted by molar-refractivity contribution is -0.122. The smallest absolute Gasteiger partial charge is 0.261 e. The maximum atomic E-state index is 13.5. The van der Waals surface area contributed by atoms with Crippen LogP contribution in [0.1, 0.15) is 18.5 Å². The number of nitrogens with one attached hydrogen (secondary N) is 1. The van der Waals surface area contributed by atoms with Crippen molar-refractivity contribution in [3.63, 3.8) is 0 Å². The van der Waals surface area contributed by atoms with Crippen molar-refractivity contribution in [2.24, 2.45) is 0 Å². The number of carbonyl (C=O) groups is 1. The van der Waals surface area contributed by atoms with E-state index in [0.717, 1.165) is 22.8 Å². The first-order chi connectivity index (χ1) is 14.5. The first-order valence-corrected chi connectivity index (χ1v) is 9.61. The Morgan fingerprint density at radius 3 is 2.47 bits per heavy atom. The number of hydrogen-bond donors (Lipinski definition) is 1. The summed E-state index contributed by atoms with van der Waals surface area (Å²) < 4.78 is 14.6. The molecule has 5 nitrogen and oxygen atoms in total. The van der Waals surface area contributed by atoms with Gasteiger partial charge in [-0.25, -0.2) is 9.37 Å². The standard InChI is InChI=1S/C24H20FN3O2/c1-16(17-7-9-19(10-8-17)18-5-3-2-4-6-18)27-23(29)14-28-15-26-22-12-11-20(25)13-21(22)24(28)30/h2-13,15-16H,14H2,1H3,(H,27,29). The average Bonchev–Trinajstić information content (AvgIpc) is 2.77. The molecule has 1 atom stereocenters. The van der Waals surface area contributed by atoms with E-state index >= 15 is 0 Å². The van der Waals surface area contributed by atoms with Gasteiger partial charge in [0.1, 0.15) is 12.4 Å². The predicted octanol–water partition coefficient (Wildman–Crippen LogP) is 4.08. The molecule has 30 heavy (non-hydrogen) atoms. The van der Waals surface area contributed by atoms with Crippen LogP contribution in [0.3, 0.4) is 0 Å². The molecule has 0 bridgehead atoms. The molecular formula is C24H20FN3O2. The molecule has 0 saturated heterocycles. The zero-order chi connectivity index (χ0) is 21.1. The van der Waals surface area contributed by atoms with Gasteiger partial charge in [0.25, 0.3) is 5.56 Å². The SMILES string of the molecule is CC(NC(=O)Cn1cnc2ccc(F)cc2c1=O)c1ccc(-c2ccccc2)cc1. The van der Waals surface area contributed by atoms with Crippen LogP contribution in [0.25, 0.3) is 22.0 Å². The van der Waals surface area contributed by atoms with Gasteiger partial charge >= 0.3 is 0 Å². The maximum absolute atomic E-state index is 13.5. The number of amides is 1. The molecule has 1 unspecified atom stereocenters. The van der Waals surface area contributed by atoms with Gasteiger partial charge in [-0.05, 0) is 41.8 Å². The Morgan fingerprint density at radius 1 is 1.03 bits per heavy atom. The zero-order valence-electron chi connectivity index (χ0n) is 16.4. The molecule has 0 radical (unpaired) electrons. The quantitative estimate of drug-likeness (QED) is 0.548. The molecule has 0 fully saturated rings. The second-order valence-electron chi connectivity index (χ2n) is 7.12. The Hall–Kier alpha value is -3.80. The van der Waals surface area contributed by atoms with Gasteiger partial charge in [0.05, 0.1) is 23.3 Å². The zero-order valence-corrected chi connectivity index (χ0v) is 16.4. The van der Waals surface area contributed by atoms with E-state index < -0.39 is 11.4 Å². The maximum Gasteiger partial charge on any atom is 0.261 e. The fourth-order valence-electron chi connectivity index (χ4n) is 3.36. The molecule has 0 aliphatic rings. The van der Waals surface area contributed by atoms with E-state index in [-0.39, 0.29) is 23.9 Å². The number of benzene rings is 3. The van der Waals surface area contributed by atoms with E-state index in [0.29, 0.717) is 5.52 Å². The van der Waals surface area contributed by atoms with E-state index in [1.54, 1.807) is 0 Å². The Morgan fingerprint density at radius 2 is 1.73 bits per heavy atom. The van der Waals surface area contributed by atoms with Crippen molar-refractivity contribution < 1.29 is 9.18 Å². The van der Waals surface area contributed by atoms with E-state index in [2.05, 4.69) is 10.3 Å². The van der Waals surface area contributed by atoms with E-state index in [1.165, 1.54) is 23.0 Å². The molecule has 0 spiro atoms. The van der Waals surface area contributed by atoms with Crippen molar-refractivity contribution in [1.29, 1.82) is 0 Å². The van der Waals surface area contributed by atoms with E-state index in [4.69, 9.17) is 0 Å². The summed E-state index contributed by atoms with van der Waals surface area (Å²) in [6.07, 6.45) is 1.31. The first-order valence-electron chi connectivity index (χ1n) is 9.61. The molecule has 150 valence electrons. The number of aromatic nitrogens is 2. The molecular weight excluding hydrogens is 381 g/mol. The normalized spacial score (nSPS) is 11.9. The molecule has 1 heterocycles. The molecule has 4 rings (SSSR count). The topological polar surface area (TPSA) is 64.0 Å². The Labute approximate surface area is 172 Å². The van der Waals surface area contributed by atoms with Crippen LogP contribution in [-0.4, -0.2) is 15.5 Å². The number of fused-ring (bicyclic) bond motifs is 1. The minimum Gasteiger partial charge on any atom is -0.348 e. The molecule has 6 heteroatoms. The summed E-state index contributed by atoms with van der Waals surface area (Å²) in [6, 6.07) is 21.6. The van der Waals surface area contributed by atoms with Gasteiger partial charge in [0.15, 0.2) is 0 Å². The van der Waals surface area contributed by atoms with E-state index in [1.807, 2.05) is 61.5 Å². The summed E-state index contributed by atoms with van der Waals surface area (Å²) in [4.78, 5) is 29.1. The fraction of sp³-hybridized carbons (Fsp3) is 0.125. The van der Waals surface area contributed by atoms with Crippen molar-refractivity contribution in [3.05, 3.63) is 101 Å². The number of carbonyl (C=O) groups excluding carboxylic acids is 1. The Balaban J connectivity index is 1.46. The van der Waals surface area contributed by atoms with Gasteiger partial charge in [-0.3, -0.25) is 14.2 Å². The monoisotopic (exact) mass is 401 g/mol. The molecule has 1 amide bonds. The van der Waals surface area contributed by atoms with E-state index in [9.17, 15) is 14.0 Å². The summed E-state index contributed by atoms with van der Waals surface area (Å²) in [7, 11) is 0. The van der Waals surface area contributed by atoms with Crippen LogP contribution < -0.4 is 10.9 Å². The lowest BCUT2D eigenvalue weighted by Gasteiger charge is -2.15. The summed E-state index contributed by atoms with van der Waals surface area (Å²) in [5.74, 6) is -0.842. The second-order valence-corrected chi connectivity index (χ2v) is 7.12. The van der Waals surface area contributed by atoms with Crippen molar-refractivity contribution >= 4 is 16.8 Å². The third-order valence-electron chi connectivity index (χ3n) is 5.00. The van der Waals surface area contributed by atoms with Crippen LogP contribution in [0.2, 0.25) is 0 Å². The van der Waals surface area contributed by atoms with Crippen LogP contribution in [-0.2, 0) is 11.3 Å². The summed E-state index contributed by atoms with van der Waals surface area (Å²) in [6.45, 7) is 1.69. The number of halogens is 1. The Bertz CT molecular complexity index is 1250. The lowest BCUT2D eigenvalue weighted by Crippen LogP contribution is -2.34. The van der Waals surface area contributed by atoms with Crippen LogP contribution in [0, 0.1) is 5.82 Å². The second kappa shape index (κ2) is 8.29. The highest BCUT2D eigenvalue weighted by molar-refractivity contribution is 5.79. The van der Waals surface area contributed by atoms with Crippen molar-refractivity contribution in [2.45, 2.75) is 19.5 Å². The van der Waals surface area contributed by atoms with Gasteiger partial charge in [-0.15, -0.1) is 0 Å². The third-order valence-corrected chi connectivity index (χ3v) is 5.00. The lowest BCUT2D eigenvalue weighted by atomic mass is 10.0. The molecule has 1 N–H and O–H groups in total. The molecule has 0 aliphatic carbocycles. The average molecular weight is 401 g/mol. The number of rotatable bonds is 5.